The Labute approximate surface area is 132 Å². The molecule has 2 fully saturated rings. The van der Waals surface area contributed by atoms with Gasteiger partial charge in [0.15, 0.2) is 0 Å². The Kier molecular flexibility index (Phi) is 6.51. The van der Waals surface area contributed by atoms with Gasteiger partial charge in [-0.05, 0) is 59.8 Å². The molecular weight excluding hydrogens is 258 g/mol. The van der Waals surface area contributed by atoms with Crippen molar-refractivity contribution in [2.45, 2.75) is 82.3 Å². The van der Waals surface area contributed by atoms with E-state index in [1.807, 2.05) is 0 Å². The van der Waals surface area contributed by atoms with Gasteiger partial charge in [0, 0.05) is 24.2 Å². The second kappa shape index (κ2) is 7.94. The van der Waals surface area contributed by atoms with Gasteiger partial charge in [0.05, 0.1) is 0 Å². The van der Waals surface area contributed by atoms with E-state index in [4.69, 9.17) is 0 Å². The molecule has 2 atom stereocenters. The lowest BCUT2D eigenvalue weighted by molar-refractivity contribution is 0.00773. The van der Waals surface area contributed by atoms with Gasteiger partial charge in [0.2, 0.25) is 0 Å². The Bertz CT molecular complexity index is 299. The number of nitrogens with one attached hydrogen (secondary N) is 1. The van der Waals surface area contributed by atoms with Gasteiger partial charge in [-0.25, -0.2) is 0 Å². The fraction of sp³-hybridized carbons (Fsp3) is 1.00. The Balaban J connectivity index is 2.00. The topological polar surface area (TPSA) is 18.5 Å². The summed E-state index contributed by atoms with van der Waals surface area (Å²) in [5, 5.41) is 3.78. The number of hydrogen-bond acceptors (Lipinski definition) is 3. The molecule has 3 nitrogen and oxygen atoms in total. The molecule has 2 unspecified atom stereocenters. The lowest BCUT2D eigenvalue weighted by Crippen LogP contribution is -2.60. The van der Waals surface area contributed by atoms with Gasteiger partial charge in [0.1, 0.15) is 0 Å². The normalized spacial score (nSPS) is 30.0. The first-order valence-electron chi connectivity index (χ1n) is 9.20. The van der Waals surface area contributed by atoms with Gasteiger partial charge in [0.25, 0.3) is 0 Å². The quantitative estimate of drug-likeness (QED) is 0.812. The van der Waals surface area contributed by atoms with E-state index >= 15 is 0 Å². The lowest BCUT2D eigenvalue weighted by atomic mass is 9.75. The van der Waals surface area contributed by atoms with E-state index in [1.165, 1.54) is 64.3 Å². The van der Waals surface area contributed by atoms with Gasteiger partial charge < -0.3 is 15.1 Å². The second-order valence-corrected chi connectivity index (χ2v) is 7.61. The van der Waals surface area contributed by atoms with Crippen LogP contribution in [0.3, 0.4) is 0 Å². The van der Waals surface area contributed by atoms with Crippen LogP contribution in [-0.4, -0.2) is 61.7 Å². The van der Waals surface area contributed by atoms with Crippen LogP contribution in [0.25, 0.3) is 0 Å². The Morgan fingerprint density at radius 3 is 2.14 bits per heavy atom. The van der Waals surface area contributed by atoms with Crippen LogP contribution < -0.4 is 5.32 Å². The molecule has 2 aliphatic rings. The molecule has 0 radical (unpaired) electrons. The fourth-order valence-corrected chi connectivity index (χ4v) is 4.41. The fourth-order valence-electron chi connectivity index (χ4n) is 4.41. The van der Waals surface area contributed by atoms with Crippen molar-refractivity contribution in [1.82, 2.24) is 15.1 Å². The van der Waals surface area contributed by atoms with Crippen molar-refractivity contribution in [2.75, 3.05) is 34.2 Å². The summed E-state index contributed by atoms with van der Waals surface area (Å²) >= 11 is 0. The number of rotatable bonds is 6. The highest BCUT2D eigenvalue weighted by Gasteiger charge is 2.41. The molecule has 0 aromatic heterocycles. The average molecular weight is 296 g/mol. The third kappa shape index (κ3) is 4.20. The second-order valence-electron chi connectivity index (χ2n) is 7.61. The number of nitrogens with zero attached hydrogens (tertiary/aromatic N) is 2. The molecule has 0 heterocycles. The summed E-state index contributed by atoms with van der Waals surface area (Å²) in [6.45, 7) is 4.60. The largest absolute Gasteiger partial charge is 0.313 e. The lowest BCUT2D eigenvalue weighted by Gasteiger charge is -2.51. The Hall–Kier alpha value is -0.120. The summed E-state index contributed by atoms with van der Waals surface area (Å²) < 4.78 is 0. The maximum Gasteiger partial charge on any atom is 0.0330 e. The summed E-state index contributed by atoms with van der Waals surface area (Å²) in [5.74, 6) is 0. The van der Waals surface area contributed by atoms with Crippen LogP contribution in [0.2, 0.25) is 0 Å². The van der Waals surface area contributed by atoms with Gasteiger partial charge >= 0.3 is 0 Å². The predicted molar refractivity (Wildman–Crippen MR) is 91.9 cm³/mol. The smallest absolute Gasteiger partial charge is 0.0330 e. The van der Waals surface area contributed by atoms with E-state index in [1.54, 1.807) is 0 Å². The summed E-state index contributed by atoms with van der Waals surface area (Å²) in [6, 6.07) is 1.42. The molecule has 1 N–H and O–H groups in total. The molecule has 0 spiro atoms. The molecule has 2 aliphatic carbocycles. The zero-order valence-corrected chi connectivity index (χ0v) is 14.8. The van der Waals surface area contributed by atoms with Crippen LogP contribution in [-0.2, 0) is 0 Å². The molecule has 0 amide bonds. The van der Waals surface area contributed by atoms with E-state index in [0.29, 0.717) is 11.6 Å². The minimum absolute atomic E-state index is 0.452. The zero-order valence-electron chi connectivity index (χ0n) is 14.8. The van der Waals surface area contributed by atoms with Gasteiger partial charge in [-0.3, -0.25) is 0 Å². The van der Waals surface area contributed by atoms with Gasteiger partial charge in [-0.1, -0.05) is 32.6 Å². The van der Waals surface area contributed by atoms with Gasteiger partial charge in [-0.15, -0.1) is 0 Å². The van der Waals surface area contributed by atoms with E-state index in [2.05, 4.69) is 43.2 Å². The monoisotopic (exact) mass is 295 g/mol. The minimum atomic E-state index is 0.452. The summed E-state index contributed by atoms with van der Waals surface area (Å²) in [6.07, 6.45) is 12.6. The standard InChI is InChI=1S/C18H37N3/c1-5-19-16-11-8-6-7-9-12-17(16)21(4)15-18(20(2)3)13-10-14-18/h16-17,19H,5-15H2,1-4H3. The summed E-state index contributed by atoms with van der Waals surface area (Å²) in [7, 11) is 6.92. The van der Waals surface area contributed by atoms with Crippen LogP contribution in [0.4, 0.5) is 0 Å². The van der Waals surface area contributed by atoms with Crippen molar-refractivity contribution in [3.63, 3.8) is 0 Å². The molecule has 0 bridgehead atoms. The van der Waals surface area contributed by atoms with Crippen molar-refractivity contribution in [3.05, 3.63) is 0 Å². The van der Waals surface area contributed by atoms with Crippen LogP contribution in [0, 0.1) is 0 Å². The zero-order chi connectivity index (χ0) is 15.3. The Morgan fingerprint density at radius 2 is 1.62 bits per heavy atom. The van der Waals surface area contributed by atoms with Crippen LogP contribution >= 0.6 is 0 Å². The maximum atomic E-state index is 3.78. The highest BCUT2D eigenvalue weighted by molar-refractivity contribution is 4.99. The SMILES string of the molecule is CCNC1CCCCCCC1N(C)CC1(N(C)C)CCC1. The third-order valence-electron chi connectivity index (χ3n) is 6.04. The minimum Gasteiger partial charge on any atom is -0.313 e. The molecule has 21 heavy (non-hydrogen) atoms. The van der Waals surface area contributed by atoms with Crippen LogP contribution in [0.5, 0.6) is 0 Å². The van der Waals surface area contributed by atoms with Crippen LogP contribution in [0.15, 0.2) is 0 Å². The van der Waals surface area contributed by atoms with Crippen molar-refractivity contribution >= 4 is 0 Å². The van der Waals surface area contributed by atoms with E-state index in [9.17, 15) is 0 Å². The van der Waals surface area contributed by atoms with Crippen molar-refractivity contribution < 1.29 is 0 Å². The van der Waals surface area contributed by atoms with Crippen molar-refractivity contribution in [3.8, 4) is 0 Å². The molecule has 0 saturated heterocycles. The summed E-state index contributed by atoms with van der Waals surface area (Å²) in [4.78, 5) is 5.18. The maximum absolute atomic E-state index is 3.78. The first-order chi connectivity index (χ1) is 10.1. The van der Waals surface area contributed by atoms with Crippen LogP contribution in [0.1, 0.15) is 64.7 Å². The molecule has 2 saturated carbocycles. The highest BCUT2D eigenvalue weighted by atomic mass is 15.2. The van der Waals surface area contributed by atoms with E-state index in [-0.39, 0.29) is 0 Å². The first-order valence-corrected chi connectivity index (χ1v) is 9.20. The van der Waals surface area contributed by atoms with Crippen molar-refractivity contribution in [2.24, 2.45) is 0 Å². The third-order valence-corrected chi connectivity index (χ3v) is 6.04. The van der Waals surface area contributed by atoms with Crippen molar-refractivity contribution in [1.29, 1.82) is 0 Å². The predicted octanol–water partition coefficient (Wildman–Crippen LogP) is 3.10. The summed E-state index contributed by atoms with van der Waals surface area (Å²) in [5.41, 5.74) is 0.452. The highest BCUT2D eigenvalue weighted by Crippen LogP contribution is 2.37. The van der Waals surface area contributed by atoms with E-state index in [0.717, 1.165) is 12.6 Å². The molecule has 124 valence electrons. The number of likely N-dealkylation sites (N-methyl/N-ethyl adjacent to an activating group) is 3. The Morgan fingerprint density at radius 1 is 0.952 bits per heavy atom. The molecule has 0 aromatic rings. The number of hydrogen-bond donors (Lipinski definition) is 1. The average Bonchev–Trinajstić information content (AvgIpc) is 2.36. The van der Waals surface area contributed by atoms with Gasteiger partial charge in [-0.2, -0.15) is 0 Å². The van der Waals surface area contributed by atoms with E-state index < -0.39 is 0 Å². The molecular formula is C18H37N3. The molecule has 0 aromatic carbocycles. The first kappa shape index (κ1) is 17.2. The molecule has 2 rings (SSSR count). The molecule has 0 aliphatic heterocycles. The molecule has 3 heteroatoms.